The molecule has 0 bridgehead atoms. The molecule has 0 unspecified atom stereocenters. The molecule has 2 heterocycles. The lowest BCUT2D eigenvalue weighted by atomic mass is 9.88. The summed E-state index contributed by atoms with van der Waals surface area (Å²) in [5.41, 5.74) is 4.46. The van der Waals surface area contributed by atoms with Crippen molar-refractivity contribution in [2.75, 3.05) is 18.9 Å². The molecular formula is C21H31N5O14. The molecule has 2 rings (SSSR count). The average molecular weight is 578 g/mol. The van der Waals surface area contributed by atoms with E-state index in [9.17, 15) is 54.6 Å². The number of aromatic nitrogens is 2. The molecule has 224 valence electrons. The van der Waals surface area contributed by atoms with Gasteiger partial charge in [0.2, 0.25) is 11.8 Å². The summed E-state index contributed by atoms with van der Waals surface area (Å²) in [5.74, 6) is -8.60. The number of nitrogen functional groups attached to an aromatic ring is 1. The smallest absolute Gasteiger partial charge is 0.364 e. The Kier molecular flexibility index (Phi) is 11.0. The lowest BCUT2D eigenvalue weighted by Gasteiger charge is -2.46. The largest absolute Gasteiger partial charge is 0.480 e. The molecule has 0 radical (unpaired) electrons. The van der Waals surface area contributed by atoms with Gasteiger partial charge >= 0.3 is 17.6 Å². The van der Waals surface area contributed by atoms with Crippen LogP contribution in [0.2, 0.25) is 0 Å². The third-order valence-electron chi connectivity index (χ3n) is 5.87. The Morgan fingerprint density at radius 1 is 1.25 bits per heavy atom. The van der Waals surface area contributed by atoms with Crippen LogP contribution in [-0.4, -0.2) is 131 Å². The Labute approximate surface area is 224 Å². The highest BCUT2D eigenvalue weighted by molar-refractivity contribution is 5.85. The van der Waals surface area contributed by atoms with Gasteiger partial charge in [0.1, 0.15) is 36.8 Å². The number of aliphatic carboxylic acids is 2. The number of hydrogen-bond acceptors (Lipinski definition) is 14. The highest BCUT2D eigenvalue weighted by Crippen LogP contribution is 2.33. The van der Waals surface area contributed by atoms with Crippen LogP contribution < -0.4 is 22.1 Å². The summed E-state index contributed by atoms with van der Waals surface area (Å²) < 4.78 is 11.3. The highest BCUT2D eigenvalue weighted by Gasteiger charge is 2.56. The molecule has 1 aromatic rings. The maximum absolute atomic E-state index is 12.5. The van der Waals surface area contributed by atoms with Gasteiger partial charge in [-0.3, -0.25) is 14.2 Å². The molecule has 8 atom stereocenters. The van der Waals surface area contributed by atoms with Gasteiger partial charge in [-0.05, 0) is 6.07 Å². The number of aliphatic hydroxyl groups excluding tert-OH is 5. The average Bonchev–Trinajstić information content (AvgIpc) is 2.87. The Morgan fingerprint density at radius 3 is 2.42 bits per heavy atom. The normalized spacial score (nSPS) is 25.7. The first kappa shape index (κ1) is 32.5. The number of carboxylic acid groups (broad SMARTS) is 2. The first-order chi connectivity index (χ1) is 18.6. The summed E-state index contributed by atoms with van der Waals surface area (Å²) in [7, 11) is 0. The van der Waals surface area contributed by atoms with Crippen molar-refractivity contribution >= 4 is 29.6 Å². The number of amides is 2. The molecule has 1 aromatic heterocycles. The van der Waals surface area contributed by atoms with E-state index in [0.29, 0.717) is 0 Å². The minimum Gasteiger partial charge on any atom is -0.480 e. The molecule has 1 fully saturated rings. The molecule has 19 heteroatoms. The van der Waals surface area contributed by atoms with E-state index in [1.807, 2.05) is 5.32 Å². The Bertz CT molecular complexity index is 1150. The third-order valence-corrected chi connectivity index (χ3v) is 5.87. The first-order valence-corrected chi connectivity index (χ1v) is 11.6. The lowest BCUT2D eigenvalue weighted by Crippen LogP contribution is -2.68. The van der Waals surface area contributed by atoms with Crippen molar-refractivity contribution in [2.24, 2.45) is 0 Å². The van der Waals surface area contributed by atoms with Crippen molar-refractivity contribution in [2.45, 2.75) is 68.3 Å². The number of aliphatic hydroxyl groups is 5. The van der Waals surface area contributed by atoms with Gasteiger partial charge in [-0.15, -0.1) is 0 Å². The monoisotopic (exact) mass is 577 g/mol. The van der Waals surface area contributed by atoms with Crippen molar-refractivity contribution in [3.05, 3.63) is 22.7 Å². The van der Waals surface area contributed by atoms with E-state index in [4.69, 9.17) is 20.3 Å². The van der Waals surface area contributed by atoms with E-state index in [1.165, 1.54) is 6.07 Å². The maximum Gasteiger partial charge on any atom is 0.364 e. The first-order valence-electron chi connectivity index (χ1n) is 11.6. The van der Waals surface area contributed by atoms with Gasteiger partial charge in [0.25, 0.3) is 5.79 Å². The van der Waals surface area contributed by atoms with Crippen molar-refractivity contribution in [1.82, 2.24) is 20.2 Å². The van der Waals surface area contributed by atoms with Gasteiger partial charge in [-0.1, -0.05) is 0 Å². The van der Waals surface area contributed by atoms with Crippen molar-refractivity contribution in [3.63, 3.8) is 0 Å². The fourth-order valence-corrected chi connectivity index (χ4v) is 3.88. The Hall–Kier alpha value is -3.72. The fourth-order valence-electron chi connectivity index (χ4n) is 3.88. The van der Waals surface area contributed by atoms with E-state index < -0.39 is 104 Å². The zero-order valence-corrected chi connectivity index (χ0v) is 21.0. The molecule has 1 aliphatic heterocycles. The molecule has 0 aromatic carbocycles. The molecule has 11 N–H and O–H groups in total. The number of nitrogens with one attached hydrogen (secondary N) is 2. The number of rotatable bonds is 13. The molecule has 0 saturated carbocycles. The molecule has 19 nitrogen and oxygen atoms in total. The van der Waals surface area contributed by atoms with Gasteiger partial charge in [-0.25, -0.2) is 14.4 Å². The Balaban J connectivity index is 2.20. The molecule has 0 aliphatic carbocycles. The van der Waals surface area contributed by atoms with Crippen LogP contribution >= 0.6 is 0 Å². The predicted octanol–water partition coefficient (Wildman–Crippen LogP) is -6.08. The van der Waals surface area contributed by atoms with Crippen LogP contribution in [-0.2, 0) is 35.2 Å². The number of anilines is 1. The molecule has 1 saturated heterocycles. The zero-order chi connectivity index (χ0) is 30.4. The maximum atomic E-state index is 12.5. The van der Waals surface area contributed by atoms with E-state index in [-0.39, 0.29) is 5.82 Å². The van der Waals surface area contributed by atoms with Gasteiger partial charge < -0.3 is 61.6 Å². The summed E-state index contributed by atoms with van der Waals surface area (Å²) in [5, 5.41) is 73.7. The molecule has 2 amide bonds. The topological polar surface area (TPSA) is 313 Å². The number of ether oxygens (including phenoxy) is 2. The number of nitrogens with zero attached hydrogens (tertiary/aromatic N) is 2. The lowest BCUT2D eigenvalue weighted by molar-refractivity contribution is -0.309. The van der Waals surface area contributed by atoms with Crippen molar-refractivity contribution in [3.8, 4) is 0 Å². The zero-order valence-electron chi connectivity index (χ0n) is 21.0. The van der Waals surface area contributed by atoms with Crippen molar-refractivity contribution in [1.29, 1.82) is 0 Å². The van der Waals surface area contributed by atoms with Crippen LogP contribution in [0.3, 0.4) is 0 Å². The van der Waals surface area contributed by atoms with Gasteiger partial charge in [0.05, 0.1) is 25.3 Å². The van der Waals surface area contributed by atoms with Crippen molar-refractivity contribution < 1.29 is 64.4 Å². The van der Waals surface area contributed by atoms with Gasteiger partial charge in [-0.2, -0.15) is 4.98 Å². The van der Waals surface area contributed by atoms with E-state index >= 15 is 0 Å². The van der Waals surface area contributed by atoms with Crippen LogP contribution in [0.25, 0.3) is 0 Å². The van der Waals surface area contributed by atoms with Crippen LogP contribution in [0.1, 0.15) is 13.3 Å². The highest BCUT2D eigenvalue weighted by atomic mass is 16.7. The van der Waals surface area contributed by atoms with Crippen LogP contribution in [0, 0.1) is 0 Å². The standard InChI is InChI=1S/C21H31N5O14/c1-8(28)23-14-9(29)4-21(19(36)37,40-17(14)16(33)11(31)6-27)39-7-13(32)25-15(18(34)35)10(30)5-26-3-2-12(22)24-20(26)38/h2-3,9-11,14-17,27,29-31,33H,4-7H2,1H3,(H,23,28)(H,25,32)(H,34,35)(H,36,37)(H2,22,24,38)/t9-,10+,11+,14+,15-,16+,17+,21-/m0/s1. The van der Waals surface area contributed by atoms with Gasteiger partial charge in [0, 0.05) is 19.5 Å². The number of carbonyl (C=O) groups is 4. The molecule has 0 spiro atoms. The minimum atomic E-state index is -2.85. The minimum absolute atomic E-state index is 0.123. The number of nitrogens with two attached hydrogens (primary N) is 1. The molecular weight excluding hydrogens is 546 g/mol. The van der Waals surface area contributed by atoms with Crippen LogP contribution in [0.4, 0.5) is 5.82 Å². The fraction of sp³-hybridized carbons (Fsp3) is 0.619. The SMILES string of the molecule is CC(=O)N[C@H]1[C@H]([C@H](O)[C@H](O)CO)O[C@](OCC(=O)N[C@H](C(=O)O)[C@H](O)Cn2ccc(N)nc2=O)(C(=O)O)C[C@@H]1O. The summed E-state index contributed by atoms with van der Waals surface area (Å²) in [6.45, 7) is -1.80. The third kappa shape index (κ3) is 7.91. The molecule has 1 aliphatic rings. The second-order valence-corrected chi connectivity index (χ2v) is 8.91. The number of hydrogen-bond donors (Lipinski definition) is 10. The molecule has 40 heavy (non-hydrogen) atoms. The second-order valence-electron chi connectivity index (χ2n) is 8.91. The summed E-state index contributed by atoms with van der Waals surface area (Å²) in [6, 6.07) is -2.28. The summed E-state index contributed by atoms with van der Waals surface area (Å²) in [4.78, 5) is 63.1. The Morgan fingerprint density at radius 2 is 1.90 bits per heavy atom. The van der Waals surface area contributed by atoms with E-state index in [1.54, 1.807) is 0 Å². The summed E-state index contributed by atoms with van der Waals surface area (Å²) >= 11 is 0. The summed E-state index contributed by atoms with van der Waals surface area (Å²) in [6.07, 6.45) is -9.25. The number of carboxylic acids is 2. The van der Waals surface area contributed by atoms with Gasteiger partial charge in [0.15, 0.2) is 6.04 Å². The van der Waals surface area contributed by atoms with E-state index in [0.717, 1.165) is 17.7 Å². The van der Waals surface area contributed by atoms with Crippen LogP contribution in [0.5, 0.6) is 0 Å². The second kappa shape index (κ2) is 13.6. The predicted molar refractivity (Wildman–Crippen MR) is 127 cm³/mol. The quantitative estimate of drug-likeness (QED) is 0.104. The van der Waals surface area contributed by atoms with E-state index in [2.05, 4.69) is 10.3 Å². The number of carbonyl (C=O) groups excluding carboxylic acids is 2. The van der Waals surface area contributed by atoms with Crippen LogP contribution in [0.15, 0.2) is 17.1 Å².